The Kier molecular flexibility index (Phi) is 7.00. The second kappa shape index (κ2) is 10.5. The van der Waals surface area contributed by atoms with E-state index >= 15 is 0 Å². The summed E-state index contributed by atoms with van der Waals surface area (Å²) < 4.78 is 1.70. The Morgan fingerprint density at radius 3 is 2.47 bits per heavy atom. The number of hydrogen-bond donors (Lipinski definition) is 0. The second-order valence-electron chi connectivity index (χ2n) is 9.49. The minimum Gasteiger partial charge on any atom is -0.340 e. The van der Waals surface area contributed by atoms with Gasteiger partial charge in [0.1, 0.15) is 5.82 Å². The van der Waals surface area contributed by atoms with Gasteiger partial charge in [0.15, 0.2) is 5.65 Å². The van der Waals surface area contributed by atoms with Crippen LogP contribution < -0.4 is 5.56 Å². The number of nitrogens with zero attached hydrogens (tertiary/aromatic N) is 5. The maximum Gasteiger partial charge on any atom is 0.263 e. The number of fused-ring (bicyclic) bond motifs is 1. The molecule has 1 saturated carbocycles. The molecular formula is C27H33N5O2. The highest BCUT2D eigenvalue weighted by atomic mass is 16.2. The van der Waals surface area contributed by atoms with Crippen molar-refractivity contribution in [1.82, 2.24) is 24.3 Å². The SMILES string of the molecule is O=C(CCc1nc2ncccc2c(=O)n1Cc1ccccc1)N1CCN(C2CCCCC2)CC1. The molecular weight excluding hydrogens is 426 g/mol. The first-order chi connectivity index (χ1) is 16.7. The van der Waals surface area contributed by atoms with E-state index in [0.29, 0.717) is 42.3 Å². The van der Waals surface area contributed by atoms with Crippen LogP contribution in [0.15, 0.2) is 53.5 Å². The summed E-state index contributed by atoms with van der Waals surface area (Å²) in [6, 6.07) is 14.1. The van der Waals surface area contributed by atoms with Crippen molar-refractivity contribution in [3.05, 3.63) is 70.4 Å². The molecule has 3 heterocycles. The molecule has 7 nitrogen and oxygen atoms in total. The summed E-state index contributed by atoms with van der Waals surface area (Å²) in [7, 11) is 0. The number of hydrogen-bond acceptors (Lipinski definition) is 5. The average Bonchev–Trinajstić information content (AvgIpc) is 2.90. The first-order valence-corrected chi connectivity index (χ1v) is 12.6. The first kappa shape index (κ1) is 22.7. The first-order valence-electron chi connectivity index (χ1n) is 12.6. The van der Waals surface area contributed by atoms with Gasteiger partial charge in [0, 0.05) is 51.3 Å². The Labute approximate surface area is 200 Å². The van der Waals surface area contributed by atoms with Crippen LogP contribution in [-0.2, 0) is 17.8 Å². The Bertz CT molecular complexity index is 1180. The van der Waals surface area contributed by atoms with E-state index < -0.39 is 0 Å². The van der Waals surface area contributed by atoms with Gasteiger partial charge in [0.05, 0.1) is 11.9 Å². The summed E-state index contributed by atoms with van der Waals surface area (Å²) in [6.07, 6.45) is 9.06. The standard InChI is InChI=1S/C27H33N5O2/c33-25(31-18-16-30(17-19-31)22-10-5-2-6-11-22)14-13-24-29-26-23(12-7-15-28-26)27(34)32(24)20-21-8-3-1-4-9-21/h1,3-4,7-9,12,15,22H,2,5-6,10-11,13-14,16-20H2. The number of rotatable bonds is 6. The van der Waals surface area contributed by atoms with Crippen molar-refractivity contribution < 1.29 is 4.79 Å². The van der Waals surface area contributed by atoms with Crippen molar-refractivity contribution in [1.29, 1.82) is 0 Å². The lowest BCUT2D eigenvalue weighted by atomic mass is 9.94. The second-order valence-corrected chi connectivity index (χ2v) is 9.49. The summed E-state index contributed by atoms with van der Waals surface area (Å²) in [6.45, 7) is 3.94. The molecule has 3 aromatic rings. The maximum absolute atomic E-state index is 13.3. The number of benzene rings is 1. The van der Waals surface area contributed by atoms with Gasteiger partial charge in [-0.15, -0.1) is 0 Å². The van der Waals surface area contributed by atoms with Crippen molar-refractivity contribution in [2.75, 3.05) is 26.2 Å². The summed E-state index contributed by atoms with van der Waals surface area (Å²) >= 11 is 0. The van der Waals surface area contributed by atoms with Crippen molar-refractivity contribution in [3.63, 3.8) is 0 Å². The van der Waals surface area contributed by atoms with Crippen LogP contribution in [0.2, 0.25) is 0 Å². The van der Waals surface area contributed by atoms with E-state index in [1.165, 1.54) is 32.1 Å². The average molecular weight is 460 g/mol. The molecule has 1 aromatic carbocycles. The van der Waals surface area contributed by atoms with Crippen LogP contribution in [0.5, 0.6) is 0 Å². The van der Waals surface area contributed by atoms with Crippen molar-refractivity contribution in [2.24, 2.45) is 0 Å². The lowest BCUT2D eigenvalue weighted by molar-refractivity contribution is -0.133. The van der Waals surface area contributed by atoms with Gasteiger partial charge < -0.3 is 4.90 Å². The number of piperazine rings is 1. The molecule has 0 spiro atoms. The van der Waals surface area contributed by atoms with Gasteiger partial charge in [0.25, 0.3) is 5.56 Å². The van der Waals surface area contributed by atoms with E-state index in [2.05, 4.69) is 9.88 Å². The van der Waals surface area contributed by atoms with E-state index in [4.69, 9.17) is 4.98 Å². The molecule has 0 bridgehead atoms. The van der Waals surface area contributed by atoms with Crippen molar-refractivity contribution in [2.45, 2.75) is 57.5 Å². The molecule has 2 fully saturated rings. The lowest BCUT2D eigenvalue weighted by Gasteiger charge is -2.40. The predicted molar refractivity (Wildman–Crippen MR) is 133 cm³/mol. The molecule has 1 aliphatic carbocycles. The third kappa shape index (κ3) is 5.04. The van der Waals surface area contributed by atoms with Gasteiger partial charge in [-0.3, -0.25) is 19.1 Å². The van der Waals surface area contributed by atoms with Crippen LogP contribution in [-0.4, -0.2) is 62.5 Å². The topological polar surface area (TPSA) is 71.3 Å². The number of aryl methyl sites for hydroxylation is 1. The summed E-state index contributed by atoms with van der Waals surface area (Å²) in [4.78, 5) is 39.9. The van der Waals surface area contributed by atoms with Crippen molar-refractivity contribution >= 4 is 16.9 Å². The Morgan fingerprint density at radius 2 is 1.71 bits per heavy atom. The number of carbonyl (C=O) groups excluding carboxylic acids is 1. The van der Waals surface area contributed by atoms with E-state index in [1.54, 1.807) is 22.9 Å². The van der Waals surface area contributed by atoms with Crippen LogP contribution >= 0.6 is 0 Å². The molecule has 2 aromatic heterocycles. The predicted octanol–water partition coefficient (Wildman–Crippen LogP) is 3.25. The molecule has 1 saturated heterocycles. The van der Waals surface area contributed by atoms with Crippen molar-refractivity contribution in [3.8, 4) is 0 Å². The van der Waals surface area contributed by atoms with E-state index in [1.807, 2.05) is 35.2 Å². The van der Waals surface area contributed by atoms with Gasteiger partial charge in [-0.1, -0.05) is 49.6 Å². The number of carbonyl (C=O) groups is 1. The normalized spacial score (nSPS) is 17.8. The molecule has 0 unspecified atom stereocenters. The lowest BCUT2D eigenvalue weighted by Crippen LogP contribution is -2.52. The minimum atomic E-state index is -0.106. The smallest absolute Gasteiger partial charge is 0.263 e. The van der Waals surface area contributed by atoms with E-state index in [0.717, 1.165) is 31.7 Å². The van der Waals surface area contributed by atoms with Crippen LogP contribution in [0, 0.1) is 0 Å². The Morgan fingerprint density at radius 1 is 0.941 bits per heavy atom. The van der Waals surface area contributed by atoms with Crippen LogP contribution in [0.25, 0.3) is 11.0 Å². The van der Waals surface area contributed by atoms with E-state index in [9.17, 15) is 9.59 Å². The summed E-state index contributed by atoms with van der Waals surface area (Å²) in [5.74, 6) is 0.763. The highest BCUT2D eigenvalue weighted by Gasteiger charge is 2.27. The van der Waals surface area contributed by atoms with E-state index in [-0.39, 0.29) is 11.5 Å². The monoisotopic (exact) mass is 459 g/mol. The van der Waals surface area contributed by atoms with Gasteiger partial charge in [-0.25, -0.2) is 9.97 Å². The molecule has 0 N–H and O–H groups in total. The molecule has 0 atom stereocenters. The molecule has 1 aliphatic heterocycles. The largest absolute Gasteiger partial charge is 0.340 e. The summed E-state index contributed by atoms with van der Waals surface area (Å²) in [5, 5.41) is 0.507. The van der Waals surface area contributed by atoms with Gasteiger partial charge in [-0.2, -0.15) is 0 Å². The molecule has 2 aliphatic rings. The fourth-order valence-electron chi connectivity index (χ4n) is 5.38. The quantitative estimate of drug-likeness (QED) is 0.566. The molecule has 34 heavy (non-hydrogen) atoms. The molecule has 7 heteroatoms. The minimum absolute atomic E-state index is 0.106. The molecule has 178 valence electrons. The number of aromatic nitrogens is 3. The molecule has 5 rings (SSSR count). The Balaban J connectivity index is 1.28. The highest BCUT2D eigenvalue weighted by Crippen LogP contribution is 2.23. The Hall–Kier alpha value is -3.06. The van der Waals surface area contributed by atoms with Crippen LogP contribution in [0.3, 0.4) is 0 Å². The third-order valence-corrected chi connectivity index (χ3v) is 7.31. The van der Waals surface area contributed by atoms with Gasteiger partial charge >= 0.3 is 0 Å². The van der Waals surface area contributed by atoms with Crippen LogP contribution in [0.1, 0.15) is 49.9 Å². The fourth-order valence-corrected chi connectivity index (χ4v) is 5.38. The number of amides is 1. The molecule has 0 radical (unpaired) electrons. The zero-order chi connectivity index (χ0) is 23.3. The fraction of sp³-hybridized carbons (Fsp3) is 0.481. The maximum atomic E-state index is 13.3. The third-order valence-electron chi connectivity index (χ3n) is 7.31. The van der Waals surface area contributed by atoms with Gasteiger partial charge in [-0.05, 0) is 30.5 Å². The zero-order valence-corrected chi connectivity index (χ0v) is 19.7. The zero-order valence-electron chi connectivity index (χ0n) is 19.7. The van der Waals surface area contributed by atoms with Gasteiger partial charge in [0.2, 0.25) is 5.91 Å². The highest BCUT2D eigenvalue weighted by molar-refractivity contribution is 5.77. The molecule has 1 amide bonds. The summed E-state index contributed by atoms with van der Waals surface area (Å²) in [5.41, 5.74) is 1.37. The van der Waals surface area contributed by atoms with Crippen LogP contribution in [0.4, 0.5) is 0 Å². The number of pyridine rings is 1.